The summed E-state index contributed by atoms with van der Waals surface area (Å²) in [6.45, 7) is 7.12. The van der Waals surface area contributed by atoms with Crippen molar-refractivity contribution in [3.63, 3.8) is 0 Å². The average molecular weight is 329 g/mol. The van der Waals surface area contributed by atoms with Crippen LogP contribution in [0.4, 0.5) is 4.79 Å². The smallest absolute Gasteiger partial charge is 0.410 e. The van der Waals surface area contributed by atoms with E-state index < -0.39 is 5.60 Å². The molecule has 0 aromatic carbocycles. The number of piperidine rings is 1. The zero-order valence-electron chi connectivity index (χ0n) is 12.3. The van der Waals surface area contributed by atoms with Crippen LogP contribution in [0.2, 0.25) is 10.3 Å². The first-order valence-electron chi connectivity index (χ1n) is 7.05. The van der Waals surface area contributed by atoms with Gasteiger partial charge in [0.2, 0.25) is 0 Å². The number of carbonyl (C=O) groups is 1. The van der Waals surface area contributed by atoms with Crippen LogP contribution >= 0.6 is 23.2 Å². The lowest BCUT2D eigenvalue weighted by atomic mass is 10.1. The summed E-state index contributed by atoms with van der Waals surface area (Å²) in [6.07, 6.45) is -0.223. The van der Waals surface area contributed by atoms with Crippen molar-refractivity contribution >= 4 is 29.3 Å². The maximum absolute atomic E-state index is 12.0. The van der Waals surface area contributed by atoms with Gasteiger partial charge in [-0.05, 0) is 56.2 Å². The molecule has 0 N–H and O–H groups in total. The molecular weight excluding hydrogens is 311 g/mol. The fourth-order valence-electron chi connectivity index (χ4n) is 3.17. The van der Waals surface area contributed by atoms with Crippen molar-refractivity contribution in [2.24, 2.45) is 11.8 Å². The fraction of sp³-hybridized carbons (Fsp3) is 0.600. The molecule has 3 rings (SSSR count). The van der Waals surface area contributed by atoms with Crippen LogP contribution in [0.3, 0.4) is 0 Å². The third-order valence-corrected chi connectivity index (χ3v) is 4.40. The predicted molar refractivity (Wildman–Crippen MR) is 81.8 cm³/mol. The van der Waals surface area contributed by atoms with Crippen LogP contribution in [-0.4, -0.2) is 34.7 Å². The minimum atomic E-state index is -0.449. The van der Waals surface area contributed by atoms with Crippen LogP contribution in [-0.2, 0) is 4.74 Å². The lowest BCUT2D eigenvalue weighted by molar-refractivity contribution is 0.0271. The van der Waals surface area contributed by atoms with Gasteiger partial charge < -0.3 is 9.64 Å². The van der Waals surface area contributed by atoms with Gasteiger partial charge in [0.05, 0.1) is 0 Å². The van der Waals surface area contributed by atoms with Gasteiger partial charge in [-0.2, -0.15) is 0 Å². The standard InChI is InChI=1S/C15H18Cl2N2O2/c1-15(2,3)21-14(20)19-6-9-10(7-19)13(9)8-4-11(16)18-12(17)5-8/h4-5,9-10,13H,6-7H2,1-3H3/t9-,10+,13?. The summed E-state index contributed by atoms with van der Waals surface area (Å²) in [5, 5.41) is 0.845. The minimum Gasteiger partial charge on any atom is -0.444 e. The number of hydrogen-bond acceptors (Lipinski definition) is 3. The highest BCUT2D eigenvalue weighted by Gasteiger charge is 2.57. The molecule has 114 valence electrons. The van der Waals surface area contributed by atoms with Crippen molar-refractivity contribution in [3.8, 4) is 0 Å². The van der Waals surface area contributed by atoms with Gasteiger partial charge in [0.1, 0.15) is 15.9 Å². The van der Waals surface area contributed by atoms with Crippen molar-refractivity contribution < 1.29 is 9.53 Å². The van der Waals surface area contributed by atoms with Gasteiger partial charge >= 0.3 is 6.09 Å². The molecule has 2 aliphatic rings. The summed E-state index contributed by atoms with van der Waals surface area (Å²) < 4.78 is 5.40. The third kappa shape index (κ3) is 3.11. The number of amides is 1. The van der Waals surface area contributed by atoms with Gasteiger partial charge in [0.15, 0.2) is 0 Å². The zero-order valence-corrected chi connectivity index (χ0v) is 13.8. The van der Waals surface area contributed by atoms with Gasteiger partial charge in [-0.1, -0.05) is 23.2 Å². The van der Waals surface area contributed by atoms with E-state index in [4.69, 9.17) is 27.9 Å². The van der Waals surface area contributed by atoms with Gasteiger partial charge in [0.25, 0.3) is 0 Å². The molecule has 1 amide bonds. The second kappa shape index (κ2) is 5.03. The van der Waals surface area contributed by atoms with E-state index in [0.29, 0.717) is 28.1 Å². The Labute approximate surface area is 134 Å². The number of ether oxygens (including phenoxy) is 1. The molecular formula is C15H18Cl2N2O2. The summed E-state index contributed by atoms with van der Waals surface area (Å²) in [5.74, 6) is 1.39. The molecule has 21 heavy (non-hydrogen) atoms. The van der Waals surface area contributed by atoms with E-state index in [2.05, 4.69) is 4.98 Å². The monoisotopic (exact) mass is 328 g/mol. The largest absolute Gasteiger partial charge is 0.444 e. The number of aromatic nitrogens is 1. The second-order valence-electron chi connectivity index (χ2n) is 6.78. The molecule has 1 unspecified atom stereocenters. The van der Waals surface area contributed by atoms with Crippen LogP contribution in [0.1, 0.15) is 32.3 Å². The van der Waals surface area contributed by atoms with Gasteiger partial charge in [0, 0.05) is 13.1 Å². The van der Waals surface area contributed by atoms with Crippen LogP contribution in [0.25, 0.3) is 0 Å². The Balaban J connectivity index is 1.62. The summed E-state index contributed by atoms with van der Waals surface area (Å²) in [5.41, 5.74) is 0.675. The van der Waals surface area contributed by atoms with Crippen LogP contribution < -0.4 is 0 Å². The maximum atomic E-state index is 12.0. The molecule has 4 nitrogen and oxygen atoms in total. The number of fused-ring (bicyclic) bond motifs is 1. The molecule has 1 aromatic heterocycles. The number of rotatable bonds is 1. The number of pyridine rings is 1. The second-order valence-corrected chi connectivity index (χ2v) is 7.56. The van der Waals surface area contributed by atoms with E-state index in [9.17, 15) is 4.79 Å². The molecule has 2 fully saturated rings. The molecule has 1 aromatic rings. The first-order valence-corrected chi connectivity index (χ1v) is 7.81. The van der Waals surface area contributed by atoms with E-state index in [1.54, 1.807) is 4.90 Å². The highest BCUT2D eigenvalue weighted by atomic mass is 35.5. The van der Waals surface area contributed by atoms with Gasteiger partial charge in [-0.15, -0.1) is 0 Å². The maximum Gasteiger partial charge on any atom is 0.410 e. The molecule has 1 saturated carbocycles. The number of halogens is 2. The Morgan fingerprint density at radius 3 is 2.24 bits per heavy atom. The summed E-state index contributed by atoms with van der Waals surface area (Å²) in [7, 11) is 0. The Morgan fingerprint density at radius 2 is 1.76 bits per heavy atom. The molecule has 0 spiro atoms. The molecule has 6 heteroatoms. The first kappa shape index (κ1) is 14.9. The Kier molecular flexibility index (Phi) is 3.57. The quantitative estimate of drug-likeness (QED) is 0.732. The summed E-state index contributed by atoms with van der Waals surface area (Å²) >= 11 is 11.9. The highest BCUT2D eigenvalue weighted by molar-refractivity contribution is 6.32. The first-order chi connectivity index (χ1) is 9.74. The van der Waals surface area contributed by atoms with E-state index in [0.717, 1.165) is 18.7 Å². The number of hydrogen-bond donors (Lipinski definition) is 0. The molecule has 1 aliphatic heterocycles. The third-order valence-electron chi connectivity index (χ3n) is 4.02. The van der Waals surface area contributed by atoms with E-state index in [1.165, 1.54) is 0 Å². The van der Waals surface area contributed by atoms with Crippen molar-refractivity contribution in [2.45, 2.75) is 32.3 Å². The lowest BCUT2D eigenvalue weighted by Gasteiger charge is -2.26. The highest BCUT2D eigenvalue weighted by Crippen LogP contribution is 2.58. The molecule has 3 atom stereocenters. The molecule has 0 bridgehead atoms. The number of nitrogens with zero attached hydrogens (tertiary/aromatic N) is 2. The lowest BCUT2D eigenvalue weighted by Crippen LogP contribution is -2.36. The number of carbonyl (C=O) groups excluding carboxylic acids is 1. The molecule has 1 aliphatic carbocycles. The Bertz CT molecular complexity index is 553. The molecule has 1 saturated heterocycles. The minimum absolute atomic E-state index is 0.223. The van der Waals surface area contributed by atoms with Crippen LogP contribution in [0.5, 0.6) is 0 Å². The summed E-state index contributed by atoms with van der Waals surface area (Å²) in [4.78, 5) is 17.8. The molecule has 0 radical (unpaired) electrons. The van der Waals surface area contributed by atoms with Crippen molar-refractivity contribution in [1.29, 1.82) is 0 Å². The topological polar surface area (TPSA) is 42.4 Å². The van der Waals surface area contributed by atoms with Crippen molar-refractivity contribution in [1.82, 2.24) is 9.88 Å². The van der Waals surface area contributed by atoms with Crippen LogP contribution in [0, 0.1) is 11.8 Å². The van der Waals surface area contributed by atoms with Crippen LogP contribution in [0.15, 0.2) is 12.1 Å². The van der Waals surface area contributed by atoms with Gasteiger partial charge in [-0.25, -0.2) is 9.78 Å². The zero-order chi connectivity index (χ0) is 15.4. The van der Waals surface area contributed by atoms with E-state index in [-0.39, 0.29) is 6.09 Å². The normalized spacial score (nSPS) is 27.5. The predicted octanol–water partition coefficient (Wildman–Crippen LogP) is 3.97. The Hall–Kier alpha value is -1.00. The number of likely N-dealkylation sites (tertiary alicyclic amines) is 1. The summed E-state index contributed by atoms with van der Waals surface area (Å²) in [6, 6.07) is 3.74. The van der Waals surface area contributed by atoms with E-state index in [1.807, 2.05) is 32.9 Å². The Morgan fingerprint density at radius 1 is 1.24 bits per heavy atom. The SMILES string of the molecule is CC(C)(C)OC(=O)N1C[C@@H]2C(c3cc(Cl)nc(Cl)c3)[C@@H]2C1. The molecule has 2 heterocycles. The average Bonchev–Trinajstić information content (AvgIpc) is 2.81. The van der Waals surface area contributed by atoms with Crippen molar-refractivity contribution in [3.05, 3.63) is 28.0 Å². The van der Waals surface area contributed by atoms with E-state index >= 15 is 0 Å². The fourth-order valence-corrected chi connectivity index (χ4v) is 3.65. The van der Waals surface area contributed by atoms with Crippen molar-refractivity contribution in [2.75, 3.05) is 13.1 Å². The van der Waals surface area contributed by atoms with Gasteiger partial charge in [-0.3, -0.25) is 0 Å².